The first kappa shape index (κ1) is 18.3. The number of aldehydes is 1. The maximum atomic E-state index is 12.9. The minimum atomic E-state index is -0.831. The van der Waals surface area contributed by atoms with Crippen LogP contribution >= 0.6 is 0 Å². The number of nitrogens with two attached hydrogens (primary N) is 1. The van der Waals surface area contributed by atoms with Crippen molar-refractivity contribution in [2.24, 2.45) is 11.7 Å². The SMILES string of the molecule is NC(=O)C(c1ccccc1)(c1ccccc1)C1CCN(CCCC=O)C1. The molecule has 0 saturated carbocycles. The predicted molar refractivity (Wildman–Crippen MR) is 103 cm³/mol. The van der Waals surface area contributed by atoms with E-state index in [-0.39, 0.29) is 11.8 Å². The number of primary amides is 1. The van der Waals surface area contributed by atoms with Crippen LogP contribution < -0.4 is 5.73 Å². The Balaban J connectivity index is 1.99. The lowest BCUT2D eigenvalue weighted by atomic mass is 9.64. The summed E-state index contributed by atoms with van der Waals surface area (Å²) in [7, 11) is 0. The van der Waals surface area contributed by atoms with Gasteiger partial charge in [0.05, 0.1) is 0 Å². The monoisotopic (exact) mass is 350 g/mol. The number of hydrogen-bond donors (Lipinski definition) is 1. The fraction of sp³-hybridized carbons (Fsp3) is 0.364. The number of nitrogens with zero attached hydrogens (tertiary/aromatic N) is 1. The van der Waals surface area contributed by atoms with Gasteiger partial charge >= 0.3 is 0 Å². The highest BCUT2D eigenvalue weighted by atomic mass is 16.1. The normalized spacial score (nSPS) is 17.9. The van der Waals surface area contributed by atoms with Crippen LogP contribution in [-0.4, -0.2) is 36.7 Å². The van der Waals surface area contributed by atoms with Crippen molar-refractivity contribution in [1.82, 2.24) is 4.90 Å². The summed E-state index contributed by atoms with van der Waals surface area (Å²) in [6, 6.07) is 19.8. The molecular weight excluding hydrogens is 324 g/mol. The van der Waals surface area contributed by atoms with Crippen LogP contribution in [-0.2, 0) is 15.0 Å². The third-order valence-corrected chi connectivity index (χ3v) is 5.53. The Morgan fingerprint density at radius 2 is 1.65 bits per heavy atom. The average Bonchev–Trinajstić information content (AvgIpc) is 3.13. The summed E-state index contributed by atoms with van der Waals surface area (Å²) >= 11 is 0. The largest absolute Gasteiger partial charge is 0.369 e. The Labute approximate surface area is 155 Å². The van der Waals surface area contributed by atoms with E-state index in [1.807, 2.05) is 60.7 Å². The molecule has 0 aliphatic carbocycles. The van der Waals surface area contributed by atoms with Crippen molar-refractivity contribution in [3.05, 3.63) is 71.8 Å². The molecule has 1 amide bonds. The molecule has 136 valence electrons. The van der Waals surface area contributed by atoms with Crippen LogP contribution in [0, 0.1) is 5.92 Å². The van der Waals surface area contributed by atoms with Gasteiger partial charge in [0.2, 0.25) is 5.91 Å². The van der Waals surface area contributed by atoms with E-state index >= 15 is 0 Å². The van der Waals surface area contributed by atoms with Crippen LogP contribution in [0.4, 0.5) is 0 Å². The van der Waals surface area contributed by atoms with Gasteiger partial charge in [-0.05, 0) is 43.0 Å². The van der Waals surface area contributed by atoms with Crippen molar-refractivity contribution in [2.45, 2.75) is 24.7 Å². The summed E-state index contributed by atoms with van der Waals surface area (Å²) in [5.74, 6) is -0.185. The average molecular weight is 350 g/mol. The van der Waals surface area contributed by atoms with Gasteiger partial charge in [-0.1, -0.05) is 60.7 Å². The first-order chi connectivity index (χ1) is 12.7. The molecule has 0 bridgehead atoms. The summed E-state index contributed by atoms with van der Waals surface area (Å²) in [6.45, 7) is 2.62. The van der Waals surface area contributed by atoms with Crippen LogP contribution in [0.1, 0.15) is 30.4 Å². The van der Waals surface area contributed by atoms with Crippen LogP contribution in [0.5, 0.6) is 0 Å². The fourth-order valence-electron chi connectivity index (χ4n) is 4.31. The Kier molecular flexibility index (Phi) is 5.84. The van der Waals surface area contributed by atoms with Gasteiger partial charge in [-0.25, -0.2) is 0 Å². The number of rotatable bonds is 8. The van der Waals surface area contributed by atoms with Gasteiger partial charge in [0, 0.05) is 13.0 Å². The molecule has 2 aromatic carbocycles. The highest BCUT2D eigenvalue weighted by Gasteiger charge is 2.49. The summed E-state index contributed by atoms with van der Waals surface area (Å²) in [5, 5.41) is 0. The summed E-state index contributed by atoms with van der Waals surface area (Å²) in [6.07, 6.45) is 3.32. The zero-order valence-electron chi connectivity index (χ0n) is 15.0. The molecule has 1 heterocycles. The quantitative estimate of drug-likeness (QED) is 0.588. The second kappa shape index (κ2) is 8.28. The molecule has 2 N–H and O–H groups in total. The van der Waals surface area contributed by atoms with E-state index in [0.717, 1.165) is 49.9 Å². The molecule has 26 heavy (non-hydrogen) atoms. The minimum Gasteiger partial charge on any atom is -0.369 e. The van der Waals surface area contributed by atoms with Gasteiger partial charge < -0.3 is 15.4 Å². The van der Waals surface area contributed by atoms with Gasteiger partial charge in [0.15, 0.2) is 0 Å². The van der Waals surface area contributed by atoms with Crippen LogP contribution in [0.3, 0.4) is 0 Å². The highest BCUT2D eigenvalue weighted by Crippen LogP contribution is 2.43. The first-order valence-electron chi connectivity index (χ1n) is 9.26. The van der Waals surface area contributed by atoms with E-state index < -0.39 is 5.41 Å². The Bertz CT molecular complexity index is 691. The van der Waals surface area contributed by atoms with E-state index in [0.29, 0.717) is 6.42 Å². The van der Waals surface area contributed by atoms with Crippen molar-refractivity contribution in [2.75, 3.05) is 19.6 Å². The molecular formula is C22H26N2O2. The van der Waals surface area contributed by atoms with Crippen molar-refractivity contribution >= 4 is 12.2 Å². The Morgan fingerprint density at radius 3 is 2.15 bits per heavy atom. The molecule has 1 fully saturated rings. The molecule has 1 atom stereocenters. The Morgan fingerprint density at radius 1 is 1.08 bits per heavy atom. The molecule has 1 aliphatic heterocycles. The van der Waals surface area contributed by atoms with Crippen LogP contribution in [0.15, 0.2) is 60.7 Å². The van der Waals surface area contributed by atoms with E-state index in [4.69, 9.17) is 5.73 Å². The summed E-state index contributed by atoms with van der Waals surface area (Å²) < 4.78 is 0. The molecule has 4 heteroatoms. The van der Waals surface area contributed by atoms with Gasteiger partial charge in [0.25, 0.3) is 0 Å². The van der Waals surface area contributed by atoms with Gasteiger partial charge in [-0.3, -0.25) is 4.79 Å². The molecule has 0 aromatic heterocycles. The number of amides is 1. The topological polar surface area (TPSA) is 63.4 Å². The maximum absolute atomic E-state index is 12.9. The fourth-order valence-corrected chi connectivity index (χ4v) is 4.31. The molecule has 4 nitrogen and oxygen atoms in total. The Hall–Kier alpha value is -2.46. The van der Waals surface area contributed by atoms with E-state index in [9.17, 15) is 9.59 Å². The third kappa shape index (κ3) is 3.42. The highest BCUT2D eigenvalue weighted by molar-refractivity contribution is 5.91. The molecule has 2 aromatic rings. The molecule has 3 rings (SSSR count). The lowest BCUT2D eigenvalue weighted by molar-refractivity contribution is -0.123. The lowest BCUT2D eigenvalue weighted by Crippen LogP contribution is -2.49. The van der Waals surface area contributed by atoms with Crippen LogP contribution in [0.25, 0.3) is 0 Å². The van der Waals surface area contributed by atoms with E-state index in [1.165, 1.54) is 0 Å². The van der Waals surface area contributed by atoms with E-state index in [2.05, 4.69) is 4.90 Å². The number of carbonyl (C=O) groups is 2. The lowest BCUT2D eigenvalue weighted by Gasteiger charge is -2.37. The standard InChI is InChI=1S/C22H26N2O2/c23-21(26)22(18-9-3-1-4-10-18,19-11-5-2-6-12-19)20-13-15-24(17-20)14-7-8-16-25/h1-6,9-12,16,20H,7-8,13-15,17H2,(H2,23,26). The zero-order chi connectivity index (χ0) is 18.4. The molecule has 0 radical (unpaired) electrons. The van der Waals surface area contributed by atoms with Crippen LogP contribution in [0.2, 0.25) is 0 Å². The van der Waals surface area contributed by atoms with Gasteiger partial charge in [-0.2, -0.15) is 0 Å². The number of carbonyl (C=O) groups excluding carboxylic acids is 2. The van der Waals surface area contributed by atoms with E-state index in [1.54, 1.807) is 0 Å². The van der Waals surface area contributed by atoms with Gasteiger partial charge in [-0.15, -0.1) is 0 Å². The van der Waals surface area contributed by atoms with Crippen molar-refractivity contribution in [3.63, 3.8) is 0 Å². The maximum Gasteiger partial charge on any atom is 0.232 e. The second-order valence-corrected chi connectivity index (χ2v) is 7.00. The molecule has 1 unspecified atom stereocenters. The zero-order valence-corrected chi connectivity index (χ0v) is 15.0. The third-order valence-electron chi connectivity index (χ3n) is 5.53. The molecule has 0 spiro atoms. The summed E-state index contributed by atoms with van der Waals surface area (Å²) in [5.41, 5.74) is 7.16. The summed E-state index contributed by atoms with van der Waals surface area (Å²) in [4.78, 5) is 25.9. The predicted octanol–water partition coefficient (Wildman–Crippen LogP) is 2.76. The molecule has 1 aliphatic rings. The number of benzene rings is 2. The van der Waals surface area contributed by atoms with Crippen molar-refractivity contribution < 1.29 is 9.59 Å². The van der Waals surface area contributed by atoms with Gasteiger partial charge in [0.1, 0.15) is 11.7 Å². The smallest absolute Gasteiger partial charge is 0.232 e. The first-order valence-corrected chi connectivity index (χ1v) is 9.26. The van der Waals surface area contributed by atoms with Crippen molar-refractivity contribution in [1.29, 1.82) is 0 Å². The molecule has 1 saturated heterocycles. The number of likely N-dealkylation sites (tertiary alicyclic amines) is 1. The van der Waals surface area contributed by atoms with Crippen molar-refractivity contribution in [3.8, 4) is 0 Å². The minimum absolute atomic E-state index is 0.112. The number of unbranched alkanes of at least 4 members (excludes halogenated alkanes) is 1. The second-order valence-electron chi connectivity index (χ2n) is 7.00. The number of hydrogen-bond acceptors (Lipinski definition) is 3.